The molecule has 0 spiro atoms. The lowest BCUT2D eigenvalue weighted by Gasteiger charge is -2.16. The van der Waals surface area contributed by atoms with Crippen molar-refractivity contribution in [3.8, 4) is 0 Å². The van der Waals surface area contributed by atoms with Crippen LogP contribution in [0.25, 0.3) is 0 Å². The van der Waals surface area contributed by atoms with E-state index in [4.69, 9.17) is 11.5 Å². The first-order valence-corrected chi connectivity index (χ1v) is 4.41. The van der Waals surface area contributed by atoms with Gasteiger partial charge in [-0.2, -0.15) is 0 Å². The summed E-state index contributed by atoms with van der Waals surface area (Å²) in [7, 11) is 0. The quantitative estimate of drug-likeness (QED) is 0.604. The number of nitrogens with two attached hydrogens (primary N) is 2. The molecule has 5 N–H and O–H groups in total. The lowest BCUT2D eigenvalue weighted by Crippen LogP contribution is -2.41. The van der Waals surface area contributed by atoms with E-state index in [1.54, 1.807) is 0 Å². The Kier molecular flexibility index (Phi) is 3.89. The average Bonchev–Trinajstić information content (AvgIpc) is 2.18. The second-order valence-electron chi connectivity index (χ2n) is 3.16. The van der Waals surface area contributed by atoms with Gasteiger partial charge in [0.25, 0.3) is 0 Å². The standard InChI is InChI=1S/C10H16N2O/c11-7-10(13)9(12)6-8-4-2-1-3-5-8/h1-5,9-10,13H,6-7,11-12H2. The molecule has 13 heavy (non-hydrogen) atoms. The van der Waals surface area contributed by atoms with Gasteiger partial charge in [-0.1, -0.05) is 30.3 Å². The van der Waals surface area contributed by atoms with Crippen LogP contribution >= 0.6 is 0 Å². The summed E-state index contributed by atoms with van der Waals surface area (Å²) in [4.78, 5) is 0. The molecule has 0 fully saturated rings. The molecular formula is C10H16N2O. The minimum absolute atomic E-state index is 0.216. The second-order valence-corrected chi connectivity index (χ2v) is 3.16. The Morgan fingerprint density at radius 1 is 1.23 bits per heavy atom. The van der Waals surface area contributed by atoms with E-state index >= 15 is 0 Å². The van der Waals surface area contributed by atoms with Gasteiger partial charge in [0.05, 0.1) is 6.10 Å². The van der Waals surface area contributed by atoms with Crippen molar-refractivity contribution in [1.29, 1.82) is 0 Å². The minimum atomic E-state index is -0.611. The molecule has 0 aliphatic carbocycles. The third kappa shape index (κ3) is 3.14. The Hall–Kier alpha value is -0.900. The first-order valence-electron chi connectivity index (χ1n) is 4.41. The van der Waals surface area contributed by atoms with Crippen LogP contribution in [0.4, 0.5) is 0 Å². The summed E-state index contributed by atoms with van der Waals surface area (Å²) in [5.41, 5.74) is 12.2. The normalized spacial score (nSPS) is 15.3. The molecule has 3 heteroatoms. The Labute approximate surface area is 78.4 Å². The van der Waals surface area contributed by atoms with Crippen LogP contribution in [-0.4, -0.2) is 23.8 Å². The largest absolute Gasteiger partial charge is 0.390 e. The van der Waals surface area contributed by atoms with Gasteiger partial charge in [0.15, 0.2) is 0 Å². The highest BCUT2D eigenvalue weighted by molar-refractivity contribution is 5.16. The number of hydrogen-bond donors (Lipinski definition) is 3. The van der Waals surface area contributed by atoms with E-state index < -0.39 is 6.10 Å². The highest BCUT2D eigenvalue weighted by Gasteiger charge is 2.12. The molecule has 0 bridgehead atoms. The number of aliphatic hydroxyl groups is 1. The zero-order valence-corrected chi connectivity index (χ0v) is 7.56. The van der Waals surface area contributed by atoms with Crippen LogP contribution in [0, 0.1) is 0 Å². The van der Waals surface area contributed by atoms with Gasteiger partial charge in [-0.25, -0.2) is 0 Å². The lowest BCUT2D eigenvalue weighted by molar-refractivity contribution is 0.152. The summed E-state index contributed by atoms with van der Waals surface area (Å²) in [5.74, 6) is 0. The van der Waals surface area contributed by atoms with Crippen LogP contribution < -0.4 is 11.5 Å². The SMILES string of the molecule is NCC(O)C(N)Cc1ccccc1. The van der Waals surface area contributed by atoms with Gasteiger partial charge in [0.1, 0.15) is 0 Å². The molecule has 72 valence electrons. The third-order valence-electron chi connectivity index (χ3n) is 2.05. The molecule has 0 radical (unpaired) electrons. The van der Waals surface area contributed by atoms with Gasteiger partial charge in [-0.3, -0.25) is 0 Å². The fourth-order valence-corrected chi connectivity index (χ4v) is 1.20. The van der Waals surface area contributed by atoms with Gasteiger partial charge >= 0.3 is 0 Å². The van der Waals surface area contributed by atoms with Gasteiger partial charge < -0.3 is 16.6 Å². The van der Waals surface area contributed by atoms with E-state index in [0.29, 0.717) is 6.42 Å². The smallest absolute Gasteiger partial charge is 0.0816 e. The van der Waals surface area contributed by atoms with Crippen molar-refractivity contribution in [2.75, 3.05) is 6.54 Å². The lowest BCUT2D eigenvalue weighted by atomic mass is 10.0. The van der Waals surface area contributed by atoms with Crippen LogP contribution in [-0.2, 0) is 6.42 Å². The highest BCUT2D eigenvalue weighted by Crippen LogP contribution is 2.03. The summed E-state index contributed by atoms with van der Waals surface area (Å²) >= 11 is 0. The summed E-state index contributed by atoms with van der Waals surface area (Å²) in [6.45, 7) is 0.216. The fraction of sp³-hybridized carbons (Fsp3) is 0.400. The van der Waals surface area contributed by atoms with Crippen LogP contribution in [0.3, 0.4) is 0 Å². The van der Waals surface area contributed by atoms with E-state index in [0.717, 1.165) is 5.56 Å². The van der Waals surface area contributed by atoms with Crippen LogP contribution in [0.15, 0.2) is 30.3 Å². The topological polar surface area (TPSA) is 72.3 Å². The van der Waals surface area contributed by atoms with E-state index in [-0.39, 0.29) is 12.6 Å². The summed E-state index contributed by atoms with van der Waals surface area (Å²) in [6, 6.07) is 9.57. The van der Waals surface area contributed by atoms with Crippen LogP contribution in [0.1, 0.15) is 5.56 Å². The molecule has 0 aliphatic heterocycles. The molecule has 0 aliphatic rings. The molecule has 3 nitrogen and oxygen atoms in total. The monoisotopic (exact) mass is 180 g/mol. The Morgan fingerprint density at radius 3 is 2.38 bits per heavy atom. The van der Waals surface area contributed by atoms with Gasteiger partial charge in [-0.15, -0.1) is 0 Å². The summed E-state index contributed by atoms with van der Waals surface area (Å²) in [5, 5.41) is 9.34. The van der Waals surface area contributed by atoms with Gasteiger partial charge in [0, 0.05) is 12.6 Å². The Bertz CT molecular complexity index is 238. The van der Waals surface area contributed by atoms with E-state index in [9.17, 15) is 5.11 Å². The van der Waals surface area contributed by atoms with Crippen molar-refractivity contribution in [1.82, 2.24) is 0 Å². The van der Waals surface area contributed by atoms with Crippen molar-refractivity contribution in [3.63, 3.8) is 0 Å². The average molecular weight is 180 g/mol. The van der Waals surface area contributed by atoms with Crippen LogP contribution in [0.2, 0.25) is 0 Å². The Balaban J connectivity index is 2.50. The molecular weight excluding hydrogens is 164 g/mol. The van der Waals surface area contributed by atoms with E-state index in [1.165, 1.54) is 0 Å². The molecule has 1 aromatic rings. The zero-order chi connectivity index (χ0) is 9.68. The van der Waals surface area contributed by atoms with Crippen LogP contribution in [0.5, 0.6) is 0 Å². The van der Waals surface area contributed by atoms with Crippen molar-refractivity contribution in [3.05, 3.63) is 35.9 Å². The molecule has 1 aromatic carbocycles. The molecule has 0 saturated carbocycles. The first kappa shape index (κ1) is 10.2. The van der Waals surface area contributed by atoms with Gasteiger partial charge in [0.2, 0.25) is 0 Å². The predicted molar refractivity (Wildman–Crippen MR) is 53.2 cm³/mol. The third-order valence-corrected chi connectivity index (χ3v) is 2.05. The maximum absolute atomic E-state index is 9.34. The summed E-state index contributed by atoms with van der Waals surface area (Å²) < 4.78 is 0. The molecule has 2 atom stereocenters. The molecule has 2 unspecified atom stereocenters. The maximum atomic E-state index is 9.34. The zero-order valence-electron chi connectivity index (χ0n) is 7.56. The number of benzene rings is 1. The van der Waals surface area contributed by atoms with Crippen molar-refractivity contribution < 1.29 is 5.11 Å². The number of rotatable bonds is 4. The minimum Gasteiger partial charge on any atom is -0.390 e. The molecule has 0 saturated heterocycles. The second kappa shape index (κ2) is 4.97. The summed E-state index contributed by atoms with van der Waals surface area (Å²) in [6.07, 6.45) is 0.0550. The van der Waals surface area contributed by atoms with Crippen molar-refractivity contribution in [2.24, 2.45) is 11.5 Å². The van der Waals surface area contributed by atoms with Crippen molar-refractivity contribution in [2.45, 2.75) is 18.6 Å². The predicted octanol–water partition coefficient (Wildman–Crippen LogP) is -0.124. The molecule has 0 amide bonds. The number of aliphatic hydroxyl groups excluding tert-OH is 1. The molecule has 0 heterocycles. The van der Waals surface area contributed by atoms with Gasteiger partial charge in [-0.05, 0) is 12.0 Å². The molecule has 1 rings (SSSR count). The van der Waals surface area contributed by atoms with Crippen molar-refractivity contribution >= 4 is 0 Å². The van der Waals surface area contributed by atoms with E-state index in [1.807, 2.05) is 30.3 Å². The molecule has 0 aromatic heterocycles. The Morgan fingerprint density at radius 2 is 1.85 bits per heavy atom. The maximum Gasteiger partial charge on any atom is 0.0816 e. The first-order chi connectivity index (χ1) is 6.24. The van der Waals surface area contributed by atoms with E-state index in [2.05, 4.69) is 0 Å². The fourth-order valence-electron chi connectivity index (χ4n) is 1.20. The highest BCUT2D eigenvalue weighted by atomic mass is 16.3. The number of hydrogen-bond acceptors (Lipinski definition) is 3.